The third kappa shape index (κ3) is 4.46. The van der Waals surface area contributed by atoms with Crippen LogP contribution < -0.4 is 0 Å². The molecule has 3 aliphatic heterocycles. The van der Waals surface area contributed by atoms with Crippen molar-refractivity contribution < 1.29 is 9.53 Å². The molecular formula is C20H31N3O2S. The fourth-order valence-corrected chi connectivity index (χ4v) is 5.40. The topological polar surface area (TPSA) is 45.7 Å². The average molecular weight is 378 g/mol. The van der Waals surface area contributed by atoms with Gasteiger partial charge in [-0.1, -0.05) is 0 Å². The minimum Gasteiger partial charge on any atom is -0.381 e. The third-order valence-electron chi connectivity index (χ3n) is 6.42. The van der Waals surface area contributed by atoms with Gasteiger partial charge >= 0.3 is 0 Å². The van der Waals surface area contributed by atoms with Crippen LogP contribution in [0.2, 0.25) is 0 Å². The molecule has 0 spiro atoms. The Balaban J connectivity index is 1.26. The third-order valence-corrected chi connectivity index (χ3v) is 7.24. The molecule has 0 bridgehead atoms. The molecule has 4 rings (SSSR count). The number of aryl methyl sites for hydroxylation is 1. The number of nitrogens with zero attached hydrogens (tertiary/aromatic N) is 3. The standard InChI is InChI=1S/C20H31N3O2S/c1-15-21-19(14-26-15)13-22-6-2-17-11-23(12-18(17)3-7-22)20(24)10-16-4-8-25-9-5-16/h14,16-18H,2-13H2,1H3/t17-,18+. The first-order valence-corrected chi connectivity index (χ1v) is 11.0. The van der Waals surface area contributed by atoms with Crippen molar-refractivity contribution in [3.63, 3.8) is 0 Å². The van der Waals surface area contributed by atoms with Gasteiger partial charge in [-0.2, -0.15) is 0 Å². The Kier molecular flexibility index (Phi) is 5.91. The molecule has 0 unspecified atom stereocenters. The molecule has 0 saturated carbocycles. The molecule has 26 heavy (non-hydrogen) atoms. The van der Waals surface area contributed by atoms with Crippen molar-refractivity contribution in [3.05, 3.63) is 16.1 Å². The summed E-state index contributed by atoms with van der Waals surface area (Å²) in [6.07, 6.45) is 5.27. The Hall–Kier alpha value is -0.980. The highest BCUT2D eigenvalue weighted by atomic mass is 32.1. The van der Waals surface area contributed by atoms with E-state index in [2.05, 4.69) is 27.1 Å². The van der Waals surface area contributed by atoms with Crippen LogP contribution in [-0.2, 0) is 16.1 Å². The Labute approximate surface area is 160 Å². The van der Waals surface area contributed by atoms with Crippen molar-refractivity contribution in [3.8, 4) is 0 Å². The van der Waals surface area contributed by atoms with Crippen LogP contribution in [0, 0.1) is 24.7 Å². The van der Waals surface area contributed by atoms with Crippen LogP contribution in [-0.4, -0.2) is 60.1 Å². The molecule has 3 aliphatic rings. The largest absolute Gasteiger partial charge is 0.381 e. The SMILES string of the molecule is Cc1nc(CN2CC[C@@H]3CN(C(=O)CC4CCOCC4)C[C@@H]3CC2)cs1. The van der Waals surface area contributed by atoms with Crippen molar-refractivity contribution in [2.45, 2.75) is 45.6 Å². The summed E-state index contributed by atoms with van der Waals surface area (Å²) in [6, 6.07) is 0. The van der Waals surface area contributed by atoms with Crippen LogP contribution in [0.25, 0.3) is 0 Å². The lowest BCUT2D eigenvalue weighted by molar-refractivity contribution is -0.132. The fraction of sp³-hybridized carbons (Fsp3) is 0.800. The summed E-state index contributed by atoms with van der Waals surface area (Å²) in [6.45, 7) is 8.96. The van der Waals surface area contributed by atoms with Gasteiger partial charge in [0.15, 0.2) is 0 Å². The number of hydrogen-bond acceptors (Lipinski definition) is 5. The lowest BCUT2D eigenvalue weighted by atomic mass is 9.92. The lowest BCUT2D eigenvalue weighted by Gasteiger charge is -2.25. The molecular weight excluding hydrogens is 346 g/mol. The highest BCUT2D eigenvalue weighted by Crippen LogP contribution is 2.33. The summed E-state index contributed by atoms with van der Waals surface area (Å²) < 4.78 is 5.42. The molecule has 0 radical (unpaired) electrons. The van der Waals surface area contributed by atoms with Crippen LogP contribution in [0.15, 0.2) is 5.38 Å². The molecule has 6 heteroatoms. The van der Waals surface area contributed by atoms with E-state index in [1.165, 1.54) is 18.5 Å². The predicted octanol–water partition coefficient (Wildman–Crippen LogP) is 2.94. The van der Waals surface area contributed by atoms with Gasteiger partial charge in [0.2, 0.25) is 5.91 Å². The van der Waals surface area contributed by atoms with Crippen LogP contribution in [0.1, 0.15) is 42.8 Å². The number of thiazole rings is 1. The normalized spacial score (nSPS) is 28.1. The number of carbonyl (C=O) groups is 1. The van der Waals surface area contributed by atoms with Gasteiger partial charge in [0, 0.05) is 44.6 Å². The highest BCUT2D eigenvalue weighted by molar-refractivity contribution is 7.09. The van der Waals surface area contributed by atoms with E-state index in [9.17, 15) is 4.79 Å². The van der Waals surface area contributed by atoms with Crippen molar-refractivity contribution in [2.24, 2.45) is 17.8 Å². The Morgan fingerprint density at radius 3 is 2.50 bits per heavy atom. The van der Waals surface area contributed by atoms with Gasteiger partial charge in [-0.25, -0.2) is 4.98 Å². The van der Waals surface area contributed by atoms with Gasteiger partial charge in [0.25, 0.3) is 0 Å². The van der Waals surface area contributed by atoms with Crippen LogP contribution in [0.5, 0.6) is 0 Å². The number of rotatable bonds is 4. The summed E-state index contributed by atoms with van der Waals surface area (Å²) in [5.41, 5.74) is 1.22. The second-order valence-electron chi connectivity index (χ2n) is 8.29. The zero-order valence-corrected chi connectivity index (χ0v) is 16.7. The van der Waals surface area contributed by atoms with Gasteiger partial charge in [-0.3, -0.25) is 9.69 Å². The van der Waals surface area contributed by atoms with Gasteiger partial charge in [-0.05, 0) is 63.5 Å². The minimum absolute atomic E-state index is 0.389. The van der Waals surface area contributed by atoms with Crippen LogP contribution in [0.3, 0.4) is 0 Å². The Bertz CT molecular complexity index is 598. The number of amides is 1. The van der Waals surface area contributed by atoms with Gasteiger partial charge < -0.3 is 9.64 Å². The first-order chi connectivity index (χ1) is 12.7. The van der Waals surface area contributed by atoms with E-state index in [0.29, 0.717) is 23.7 Å². The highest BCUT2D eigenvalue weighted by Gasteiger charge is 2.37. The van der Waals surface area contributed by atoms with Crippen LogP contribution >= 0.6 is 11.3 Å². The van der Waals surface area contributed by atoms with E-state index in [4.69, 9.17) is 4.74 Å². The smallest absolute Gasteiger partial charge is 0.222 e. The number of carbonyl (C=O) groups excluding carboxylic acids is 1. The molecule has 1 aromatic rings. The van der Waals surface area contributed by atoms with E-state index < -0.39 is 0 Å². The fourth-order valence-electron chi connectivity index (χ4n) is 4.80. The molecule has 144 valence electrons. The molecule has 0 N–H and O–H groups in total. The summed E-state index contributed by atoms with van der Waals surface area (Å²) in [5, 5.41) is 3.35. The Morgan fingerprint density at radius 2 is 1.88 bits per heavy atom. The second-order valence-corrected chi connectivity index (χ2v) is 9.35. The van der Waals surface area contributed by atoms with Gasteiger partial charge in [0.05, 0.1) is 10.7 Å². The maximum atomic E-state index is 12.7. The maximum Gasteiger partial charge on any atom is 0.222 e. The molecule has 1 amide bonds. The molecule has 2 atom stereocenters. The van der Waals surface area contributed by atoms with Gasteiger partial charge in [-0.15, -0.1) is 11.3 Å². The quantitative estimate of drug-likeness (QED) is 0.809. The summed E-state index contributed by atoms with van der Waals surface area (Å²) >= 11 is 1.74. The van der Waals surface area contributed by atoms with Crippen molar-refractivity contribution in [2.75, 3.05) is 39.4 Å². The zero-order chi connectivity index (χ0) is 17.9. The van der Waals surface area contributed by atoms with E-state index in [0.717, 1.165) is 70.2 Å². The minimum atomic E-state index is 0.389. The van der Waals surface area contributed by atoms with Crippen molar-refractivity contribution in [1.29, 1.82) is 0 Å². The summed E-state index contributed by atoms with van der Waals surface area (Å²) in [4.78, 5) is 22.1. The second kappa shape index (κ2) is 8.36. The molecule has 0 aliphatic carbocycles. The molecule has 5 nitrogen and oxygen atoms in total. The van der Waals surface area contributed by atoms with Gasteiger partial charge in [0.1, 0.15) is 0 Å². The molecule has 0 aromatic carbocycles. The van der Waals surface area contributed by atoms with Crippen molar-refractivity contribution >= 4 is 17.2 Å². The van der Waals surface area contributed by atoms with Crippen molar-refractivity contribution in [1.82, 2.24) is 14.8 Å². The first kappa shape index (κ1) is 18.4. The van der Waals surface area contributed by atoms with E-state index in [-0.39, 0.29) is 0 Å². The maximum absolute atomic E-state index is 12.7. The molecule has 1 aromatic heterocycles. The Morgan fingerprint density at radius 1 is 1.19 bits per heavy atom. The lowest BCUT2D eigenvalue weighted by Crippen LogP contribution is -2.33. The molecule has 4 heterocycles. The van der Waals surface area contributed by atoms with Crippen LogP contribution in [0.4, 0.5) is 0 Å². The first-order valence-electron chi connectivity index (χ1n) is 10.2. The summed E-state index contributed by atoms with van der Waals surface area (Å²) in [5.74, 6) is 2.31. The number of aromatic nitrogens is 1. The average Bonchev–Trinajstić information content (AvgIpc) is 3.19. The predicted molar refractivity (Wildman–Crippen MR) is 103 cm³/mol. The number of hydrogen-bond donors (Lipinski definition) is 0. The van der Waals surface area contributed by atoms with E-state index in [1.54, 1.807) is 11.3 Å². The monoisotopic (exact) mass is 377 g/mol. The number of likely N-dealkylation sites (tertiary alicyclic amines) is 2. The number of ether oxygens (including phenoxy) is 1. The summed E-state index contributed by atoms with van der Waals surface area (Å²) in [7, 11) is 0. The number of fused-ring (bicyclic) bond motifs is 1. The van der Waals surface area contributed by atoms with E-state index >= 15 is 0 Å². The zero-order valence-electron chi connectivity index (χ0n) is 15.9. The molecule has 3 saturated heterocycles. The molecule has 3 fully saturated rings. The van der Waals surface area contributed by atoms with E-state index in [1.807, 2.05) is 0 Å².